The number of rotatable bonds is 6. The van der Waals surface area contributed by atoms with Crippen molar-refractivity contribution in [3.63, 3.8) is 0 Å². The maximum Gasteiger partial charge on any atom is 0.222 e. The van der Waals surface area contributed by atoms with Crippen LogP contribution < -0.4 is 9.62 Å². The number of nitrogens with one attached hydrogen (secondary N) is 1. The van der Waals surface area contributed by atoms with Crippen LogP contribution in [0.4, 0.5) is 19.6 Å². The smallest absolute Gasteiger partial charge is 0.222 e. The van der Waals surface area contributed by atoms with Crippen LogP contribution in [0.2, 0.25) is 5.28 Å². The number of aromatic nitrogens is 3. The van der Waals surface area contributed by atoms with Gasteiger partial charge in [-0.3, -0.25) is 0 Å². The first-order valence-electron chi connectivity index (χ1n) is 9.23. The normalized spacial score (nSPS) is 11.9. The van der Waals surface area contributed by atoms with Gasteiger partial charge in [-0.1, -0.05) is 29.5 Å². The monoisotopic (exact) mass is 491 g/mol. The topological polar surface area (TPSA) is 71.0 Å². The fraction of sp³-hybridized carbons (Fsp3) is 0.0952. The molecule has 0 fully saturated rings. The molecule has 4 rings (SSSR count). The predicted octanol–water partition coefficient (Wildman–Crippen LogP) is 5.40. The molecule has 2 aromatic carbocycles. The van der Waals surface area contributed by atoms with Crippen LogP contribution in [0, 0.1) is 11.6 Å². The van der Waals surface area contributed by atoms with E-state index in [0.29, 0.717) is 22.6 Å². The standard InChI is InChI=1S/C21H16ClF2N5OS2/c1-29(2)21-27-17(18(31-21)16-9-10-25-20(22)26-16)12-5-3-6-13(11-12)28-32(30)19-14(23)7-4-8-15(19)24/h3-11,28H,1-2H3. The molecule has 0 radical (unpaired) electrons. The summed E-state index contributed by atoms with van der Waals surface area (Å²) in [7, 11) is 1.62. The Balaban J connectivity index is 1.73. The minimum absolute atomic E-state index is 0.117. The first kappa shape index (κ1) is 22.3. The van der Waals surface area contributed by atoms with Gasteiger partial charge in [0.25, 0.3) is 0 Å². The highest BCUT2D eigenvalue weighted by Crippen LogP contribution is 2.40. The van der Waals surface area contributed by atoms with E-state index in [1.807, 2.05) is 25.1 Å². The molecule has 6 nitrogen and oxygen atoms in total. The van der Waals surface area contributed by atoms with E-state index in [0.717, 1.165) is 22.1 Å². The minimum atomic E-state index is -2.13. The molecule has 4 aromatic rings. The van der Waals surface area contributed by atoms with Crippen molar-refractivity contribution in [1.29, 1.82) is 0 Å². The summed E-state index contributed by atoms with van der Waals surface area (Å²) in [4.78, 5) is 15.0. The van der Waals surface area contributed by atoms with Crippen molar-refractivity contribution in [3.8, 4) is 21.8 Å². The zero-order valence-corrected chi connectivity index (χ0v) is 19.2. The molecule has 1 N–H and O–H groups in total. The van der Waals surface area contributed by atoms with Crippen LogP contribution in [-0.4, -0.2) is 33.3 Å². The molecule has 0 aliphatic heterocycles. The summed E-state index contributed by atoms with van der Waals surface area (Å²) in [6.45, 7) is 0. The number of hydrogen-bond donors (Lipinski definition) is 1. The molecule has 1 atom stereocenters. The first-order valence-corrected chi connectivity index (χ1v) is 11.6. The number of thiazole rings is 1. The third kappa shape index (κ3) is 4.62. The van der Waals surface area contributed by atoms with Crippen LogP contribution in [0.25, 0.3) is 21.8 Å². The van der Waals surface area contributed by atoms with Crippen LogP contribution in [0.3, 0.4) is 0 Å². The van der Waals surface area contributed by atoms with E-state index in [2.05, 4.69) is 14.7 Å². The molecule has 2 heterocycles. The van der Waals surface area contributed by atoms with Gasteiger partial charge in [-0.25, -0.2) is 27.9 Å². The molecule has 11 heteroatoms. The first-order chi connectivity index (χ1) is 15.3. The molecule has 0 amide bonds. The van der Waals surface area contributed by atoms with Gasteiger partial charge in [0.2, 0.25) is 5.28 Å². The maximum absolute atomic E-state index is 14.0. The fourth-order valence-electron chi connectivity index (χ4n) is 2.88. The van der Waals surface area contributed by atoms with Crippen molar-refractivity contribution in [2.75, 3.05) is 23.7 Å². The summed E-state index contributed by atoms with van der Waals surface area (Å²) in [5.41, 5.74) is 2.37. The Bertz CT molecular complexity index is 1290. The van der Waals surface area contributed by atoms with E-state index in [-0.39, 0.29) is 5.28 Å². The highest BCUT2D eigenvalue weighted by Gasteiger charge is 2.19. The molecule has 0 spiro atoms. The highest BCUT2D eigenvalue weighted by molar-refractivity contribution is 7.86. The lowest BCUT2D eigenvalue weighted by Crippen LogP contribution is -2.09. The van der Waals surface area contributed by atoms with Gasteiger partial charge >= 0.3 is 0 Å². The van der Waals surface area contributed by atoms with Crippen LogP contribution in [0.5, 0.6) is 0 Å². The molecular weight excluding hydrogens is 476 g/mol. The third-order valence-electron chi connectivity index (χ3n) is 4.31. The molecule has 0 bridgehead atoms. The van der Waals surface area contributed by atoms with E-state index >= 15 is 0 Å². The van der Waals surface area contributed by atoms with Crippen LogP contribution >= 0.6 is 22.9 Å². The zero-order chi connectivity index (χ0) is 22.8. The lowest BCUT2D eigenvalue weighted by atomic mass is 10.1. The molecule has 0 saturated carbocycles. The summed E-state index contributed by atoms with van der Waals surface area (Å²) in [6, 6.07) is 12.0. The van der Waals surface area contributed by atoms with E-state index < -0.39 is 27.5 Å². The summed E-state index contributed by atoms with van der Waals surface area (Å²) in [5.74, 6) is -1.77. The van der Waals surface area contributed by atoms with Gasteiger partial charge in [0.05, 0.1) is 16.3 Å². The Kier molecular flexibility index (Phi) is 6.45. The van der Waals surface area contributed by atoms with E-state index in [1.54, 1.807) is 30.5 Å². The quantitative estimate of drug-likeness (QED) is 0.366. The van der Waals surface area contributed by atoms with Gasteiger partial charge in [0, 0.05) is 31.5 Å². The Hall–Kier alpha value is -2.95. The molecule has 0 aliphatic rings. The number of halogens is 3. The van der Waals surface area contributed by atoms with Gasteiger partial charge in [-0.15, -0.1) is 0 Å². The van der Waals surface area contributed by atoms with E-state index in [9.17, 15) is 13.0 Å². The van der Waals surface area contributed by atoms with Gasteiger partial charge in [0.15, 0.2) is 16.1 Å². The molecule has 164 valence electrons. The van der Waals surface area contributed by atoms with E-state index in [4.69, 9.17) is 16.6 Å². The van der Waals surface area contributed by atoms with Gasteiger partial charge in [-0.05, 0) is 41.9 Å². The van der Waals surface area contributed by atoms with Crippen molar-refractivity contribution in [1.82, 2.24) is 15.0 Å². The average Bonchev–Trinajstić information content (AvgIpc) is 3.20. The Morgan fingerprint density at radius 3 is 2.47 bits per heavy atom. The molecule has 32 heavy (non-hydrogen) atoms. The molecule has 2 aromatic heterocycles. The SMILES string of the molecule is CN(C)c1nc(-c2cccc(NS(=O)c3c(F)cccc3F)c2)c(-c2ccnc(Cl)n2)s1. The summed E-state index contributed by atoms with van der Waals surface area (Å²) in [5, 5.41) is 0.867. The van der Waals surface area contributed by atoms with Gasteiger partial charge < -0.3 is 9.62 Å². The van der Waals surface area contributed by atoms with Crippen LogP contribution in [-0.2, 0) is 11.0 Å². The summed E-state index contributed by atoms with van der Waals surface area (Å²) in [6.07, 6.45) is 1.56. The lowest BCUT2D eigenvalue weighted by Gasteiger charge is -2.09. The van der Waals surface area contributed by atoms with Crippen molar-refractivity contribution >= 4 is 44.7 Å². The van der Waals surface area contributed by atoms with Crippen LogP contribution in [0.15, 0.2) is 59.6 Å². The maximum atomic E-state index is 14.0. The van der Waals surface area contributed by atoms with Crippen molar-refractivity contribution in [3.05, 3.63) is 71.6 Å². The Labute approximate surface area is 194 Å². The highest BCUT2D eigenvalue weighted by atomic mass is 35.5. The number of anilines is 2. The summed E-state index contributed by atoms with van der Waals surface area (Å²) >= 11 is 7.41. The molecular formula is C21H16ClF2N5OS2. The second-order valence-electron chi connectivity index (χ2n) is 6.78. The van der Waals surface area contributed by atoms with E-state index in [1.165, 1.54) is 17.4 Å². The van der Waals surface area contributed by atoms with Gasteiger partial charge in [0.1, 0.15) is 16.5 Å². The van der Waals surface area contributed by atoms with Crippen molar-refractivity contribution in [2.24, 2.45) is 0 Å². The fourth-order valence-corrected chi connectivity index (χ4v) is 4.94. The van der Waals surface area contributed by atoms with Crippen LogP contribution in [0.1, 0.15) is 0 Å². The average molecular weight is 492 g/mol. The second-order valence-corrected chi connectivity index (χ2v) is 9.25. The molecule has 1 unspecified atom stereocenters. The third-order valence-corrected chi connectivity index (χ3v) is 6.92. The number of benzene rings is 2. The van der Waals surface area contributed by atoms with Crippen molar-refractivity contribution in [2.45, 2.75) is 4.90 Å². The lowest BCUT2D eigenvalue weighted by molar-refractivity contribution is 0.535. The predicted molar refractivity (Wildman–Crippen MR) is 124 cm³/mol. The molecule has 0 aliphatic carbocycles. The largest absolute Gasteiger partial charge is 0.354 e. The number of nitrogens with zero attached hydrogens (tertiary/aromatic N) is 4. The Morgan fingerprint density at radius 2 is 1.78 bits per heavy atom. The number of hydrogen-bond acceptors (Lipinski definition) is 6. The van der Waals surface area contributed by atoms with Crippen molar-refractivity contribution < 1.29 is 13.0 Å². The zero-order valence-electron chi connectivity index (χ0n) is 16.8. The summed E-state index contributed by atoms with van der Waals surface area (Å²) < 4.78 is 43.2. The molecule has 0 saturated heterocycles. The van der Waals surface area contributed by atoms with Gasteiger partial charge in [-0.2, -0.15) is 0 Å². The second kappa shape index (κ2) is 9.27. The Morgan fingerprint density at radius 1 is 1.06 bits per heavy atom. The minimum Gasteiger partial charge on any atom is -0.354 e.